The van der Waals surface area contributed by atoms with Crippen LogP contribution in [0.5, 0.6) is 0 Å². The van der Waals surface area contributed by atoms with E-state index in [4.69, 9.17) is 28.8 Å². The summed E-state index contributed by atoms with van der Waals surface area (Å²) in [4.78, 5) is 23.9. The number of rotatable bonds is 7. The van der Waals surface area contributed by atoms with E-state index in [1.54, 1.807) is 18.2 Å². The highest BCUT2D eigenvalue weighted by atomic mass is 35.5. The van der Waals surface area contributed by atoms with E-state index in [0.717, 1.165) is 11.3 Å². The Kier molecular flexibility index (Phi) is 7.17. The number of nitrogens with two attached hydrogens (primary N) is 3. The van der Waals surface area contributed by atoms with Gasteiger partial charge in [-0.05, 0) is 55.0 Å². The van der Waals surface area contributed by atoms with Crippen LogP contribution in [0, 0.1) is 12.7 Å². The highest BCUT2D eigenvalue weighted by Crippen LogP contribution is 2.36. The number of aryl methyl sites for hydroxylation is 1. The number of aliphatic imine (C=N–C) groups is 1. The van der Waals surface area contributed by atoms with Gasteiger partial charge in [-0.15, -0.1) is 0 Å². The molecule has 2 heterocycles. The van der Waals surface area contributed by atoms with Crippen molar-refractivity contribution >= 4 is 35.1 Å². The van der Waals surface area contributed by atoms with Crippen molar-refractivity contribution in [1.29, 1.82) is 0 Å². The maximum absolute atomic E-state index is 13.5. The molecule has 0 aliphatic heterocycles. The fourth-order valence-corrected chi connectivity index (χ4v) is 3.38. The average molecular weight is 453 g/mol. The molecule has 0 fully saturated rings. The molecule has 0 unspecified atom stereocenters. The number of benzene rings is 1. The summed E-state index contributed by atoms with van der Waals surface area (Å²) in [6.07, 6.45) is 2.99. The SMILES string of the molecule is Cc1cc(-c2cc(C(C=NCCC(N)=O)=CN)c(N)nc2-c2ccc(F)cc2)cc(Cl)n1. The molecule has 164 valence electrons. The molecule has 2 aromatic heterocycles. The predicted molar refractivity (Wildman–Crippen MR) is 126 cm³/mol. The predicted octanol–water partition coefficient (Wildman–Crippen LogP) is 3.74. The highest BCUT2D eigenvalue weighted by Gasteiger charge is 2.16. The van der Waals surface area contributed by atoms with Crippen molar-refractivity contribution in [2.45, 2.75) is 13.3 Å². The first-order chi connectivity index (χ1) is 15.3. The van der Waals surface area contributed by atoms with Crippen LogP contribution in [0.1, 0.15) is 17.7 Å². The van der Waals surface area contributed by atoms with Gasteiger partial charge in [-0.25, -0.2) is 14.4 Å². The fourth-order valence-electron chi connectivity index (χ4n) is 3.13. The van der Waals surface area contributed by atoms with E-state index in [0.29, 0.717) is 33.1 Å². The lowest BCUT2D eigenvalue weighted by atomic mass is 9.95. The van der Waals surface area contributed by atoms with E-state index >= 15 is 0 Å². The third kappa shape index (κ3) is 5.47. The van der Waals surface area contributed by atoms with Gasteiger partial charge in [-0.2, -0.15) is 0 Å². The molecule has 7 nitrogen and oxygen atoms in total. The summed E-state index contributed by atoms with van der Waals surface area (Å²) in [6, 6.07) is 11.4. The van der Waals surface area contributed by atoms with Gasteiger partial charge in [0.25, 0.3) is 0 Å². The second-order valence-corrected chi connectivity index (χ2v) is 7.41. The average Bonchev–Trinajstić information content (AvgIpc) is 2.74. The minimum atomic E-state index is -0.447. The number of pyridine rings is 2. The van der Waals surface area contributed by atoms with Crippen molar-refractivity contribution in [3.05, 3.63) is 70.9 Å². The summed E-state index contributed by atoms with van der Waals surface area (Å²) >= 11 is 6.19. The first-order valence-electron chi connectivity index (χ1n) is 9.70. The molecule has 0 bridgehead atoms. The fraction of sp³-hybridized carbons (Fsp3) is 0.130. The minimum Gasteiger partial charge on any atom is -0.404 e. The van der Waals surface area contributed by atoms with Crippen molar-refractivity contribution < 1.29 is 9.18 Å². The van der Waals surface area contributed by atoms with Crippen LogP contribution in [-0.2, 0) is 4.79 Å². The van der Waals surface area contributed by atoms with Crippen LogP contribution in [0.25, 0.3) is 28.0 Å². The molecule has 0 saturated heterocycles. The number of nitrogens with zero attached hydrogens (tertiary/aromatic N) is 3. The summed E-state index contributed by atoms with van der Waals surface area (Å²) in [7, 11) is 0. The summed E-state index contributed by atoms with van der Waals surface area (Å²) in [6.45, 7) is 2.05. The molecular weight excluding hydrogens is 431 g/mol. The number of amides is 1. The van der Waals surface area contributed by atoms with Crippen molar-refractivity contribution in [3.8, 4) is 22.4 Å². The number of anilines is 1. The normalized spacial score (nSPS) is 11.8. The van der Waals surface area contributed by atoms with Gasteiger partial charge in [0.15, 0.2) is 0 Å². The summed E-state index contributed by atoms with van der Waals surface area (Å²) in [5.74, 6) is -0.594. The number of halogens is 2. The lowest BCUT2D eigenvalue weighted by Gasteiger charge is -2.15. The summed E-state index contributed by atoms with van der Waals surface area (Å²) in [5, 5.41) is 0.325. The molecule has 3 aromatic rings. The lowest BCUT2D eigenvalue weighted by molar-refractivity contribution is -0.117. The Morgan fingerprint density at radius 2 is 1.88 bits per heavy atom. The lowest BCUT2D eigenvalue weighted by Crippen LogP contribution is -2.11. The molecule has 1 aromatic carbocycles. The number of nitrogen functional groups attached to an aromatic ring is 1. The number of primary amides is 1. The number of carbonyl (C=O) groups is 1. The number of hydrogen-bond acceptors (Lipinski definition) is 6. The molecule has 0 atom stereocenters. The van der Waals surface area contributed by atoms with E-state index in [2.05, 4.69) is 15.0 Å². The Bertz CT molecular complexity index is 1190. The first kappa shape index (κ1) is 22.9. The van der Waals surface area contributed by atoms with Crippen molar-refractivity contribution in [2.24, 2.45) is 16.5 Å². The van der Waals surface area contributed by atoms with Gasteiger partial charge in [0.2, 0.25) is 5.91 Å². The minimum absolute atomic E-state index is 0.117. The van der Waals surface area contributed by atoms with Crippen LogP contribution >= 0.6 is 11.6 Å². The zero-order valence-electron chi connectivity index (χ0n) is 17.3. The Balaban J connectivity index is 2.17. The van der Waals surface area contributed by atoms with Crippen LogP contribution in [0.3, 0.4) is 0 Å². The molecule has 9 heteroatoms. The van der Waals surface area contributed by atoms with E-state index < -0.39 is 5.91 Å². The van der Waals surface area contributed by atoms with Gasteiger partial charge in [0.1, 0.15) is 16.8 Å². The van der Waals surface area contributed by atoms with E-state index in [1.165, 1.54) is 24.5 Å². The Labute approximate surface area is 189 Å². The largest absolute Gasteiger partial charge is 0.404 e. The Morgan fingerprint density at radius 1 is 1.16 bits per heavy atom. The van der Waals surface area contributed by atoms with Crippen LogP contribution in [0.15, 0.2) is 53.7 Å². The molecule has 32 heavy (non-hydrogen) atoms. The van der Waals surface area contributed by atoms with Gasteiger partial charge in [-0.1, -0.05) is 11.6 Å². The van der Waals surface area contributed by atoms with Gasteiger partial charge in [0.05, 0.1) is 5.69 Å². The molecule has 0 aliphatic rings. The first-order valence-corrected chi connectivity index (χ1v) is 10.1. The van der Waals surface area contributed by atoms with E-state index in [-0.39, 0.29) is 24.6 Å². The second kappa shape index (κ2) is 10.0. The maximum atomic E-state index is 13.5. The highest BCUT2D eigenvalue weighted by molar-refractivity contribution is 6.29. The Hall–Kier alpha value is -3.78. The molecule has 0 saturated carbocycles. The number of carbonyl (C=O) groups excluding carboxylic acids is 1. The van der Waals surface area contributed by atoms with Gasteiger partial charge >= 0.3 is 0 Å². The quantitative estimate of drug-likeness (QED) is 0.371. The molecule has 0 radical (unpaired) electrons. The van der Waals surface area contributed by atoms with Crippen molar-refractivity contribution in [3.63, 3.8) is 0 Å². The zero-order chi connectivity index (χ0) is 23.3. The van der Waals surface area contributed by atoms with E-state index in [1.807, 2.05) is 19.1 Å². The zero-order valence-corrected chi connectivity index (χ0v) is 18.1. The summed E-state index contributed by atoms with van der Waals surface area (Å²) in [5.41, 5.74) is 21.7. The third-order valence-corrected chi connectivity index (χ3v) is 4.80. The number of aromatic nitrogens is 2. The maximum Gasteiger partial charge on any atom is 0.219 e. The van der Waals surface area contributed by atoms with Crippen LogP contribution < -0.4 is 17.2 Å². The van der Waals surface area contributed by atoms with Crippen LogP contribution in [0.2, 0.25) is 5.15 Å². The van der Waals surface area contributed by atoms with Crippen LogP contribution in [-0.4, -0.2) is 28.6 Å². The number of hydrogen-bond donors (Lipinski definition) is 3. The van der Waals surface area contributed by atoms with Gasteiger partial charge in [-0.3, -0.25) is 9.79 Å². The Morgan fingerprint density at radius 3 is 2.50 bits per heavy atom. The summed E-state index contributed by atoms with van der Waals surface area (Å²) < 4.78 is 13.5. The third-order valence-electron chi connectivity index (χ3n) is 4.61. The molecular formula is C23H22ClFN6O. The van der Waals surface area contributed by atoms with Gasteiger partial charge < -0.3 is 17.2 Å². The molecule has 0 spiro atoms. The van der Waals surface area contributed by atoms with E-state index in [9.17, 15) is 9.18 Å². The smallest absolute Gasteiger partial charge is 0.219 e. The standard InChI is InChI=1S/C23H22ClFN6O/c1-13-8-15(9-20(24)30-13)18-10-19(16(11-26)12-29-7-6-21(27)32)23(28)31-22(18)14-2-4-17(25)5-3-14/h2-5,8-12H,6-7,26H2,1H3,(H2,27,32)(H2,28,31). The van der Waals surface area contributed by atoms with Gasteiger partial charge in [0, 0.05) is 53.3 Å². The monoisotopic (exact) mass is 452 g/mol. The topological polar surface area (TPSA) is 133 Å². The van der Waals surface area contributed by atoms with Crippen LogP contribution in [0.4, 0.5) is 10.2 Å². The molecule has 3 rings (SSSR count). The van der Waals surface area contributed by atoms with Crippen molar-refractivity contribution in [1.82, 2.24) is 9.97 Å². The molecule has 6 N–H and O–H groups in total. The molecule has 1 amide bonds. The second-order valence-electron chi connectivity index (χ2n) is 7.02. The molecule has 0 aliphatic carbocycles. The van der Waals surface area contributed by atoms with Crippen molar-refractivity contribution in [2.75, 3.05) is 12.3 Å². The number of allylic oxidation sites excluding steroid dienone is 1.